The van der Waals surface area contributed by atoms with E-state index in [0.717, 1.165) is 22.1 Å². The summed E-state index contributed by atoms with van der Waals surface area (Å²) in [6, 6.07) is 5.84. The normalized spacial score (nSPS) is 20.3. The number of rotatable bonds is 3. The summed E-state index contributed by atoms with van der Waals surface area (Å²) in [5.74, 6) is -2.15. The van der Waals surface area contributed by atoms with E-state index in [0.29, 0.717) is 36.5 Å². The maximum Gasteiger partial charge on any atom is 0.251 e. The second-order valence-electron chi connectivity index (χ2n) is 9.26. The van der Waals surface area contributed by atoms with Crippen LogP contribution in [-0.4, -0.2) is 39.4 Å². The molecular formula is C23H31F2N5O. The molecule has 1 saturated carbocycles. The second kappa shape index (κ2) is 7.00. The summed E-state index contributed by atoms with van der Waals surface area (Å²) in [6.45, 7) is 4.83. The van der Waals surface area contributed by atoms with Crippen molar-refractivity contribution in [3.05, 3.63) is 41.7 Å². The van der Waals surface area contributed by atoms with Gasteiger partial charge in [0, 0.05) is 64.0 Å². The van der Waals surface area contributed by atoms with E-state index in [1.165, 1.54) is 0 Å². The molecule has 0 saturated heterocycles. The molecule has 3 N–H and O–H groups in total. The first-order valence-electron chi connectivity index (χ1n) is 10.6. The number of hydrogen-bond acceptors (Lipinski definition) is 4. The number of carbonyl (C=O) groups is 1. The topological polar surface area (TPSA) is 82.7 Å². The predicted molar refractivity (Wildman–Crippen MR) is 122 cm³/mol. The lowest BCUT2D eigenvalue weighted by Crippen LogP contribution is -2.43. The van der Waals surface area contributed by atoms with Crippen LogP contribution in [0, 0.1) is 0 Å². The van der Waals surface area contributed by atoms with Gasteiger partial charge in [-0.3, -0.25) is 4.79 Å². The monoisotopic (exact) mass is 431 g/mol. The number of aromatic nitrogens is 3. The highest BCUT2D eigenvalue weighted by Crippen LogP contribution is 2.36. The molecule has 0 atom stereocenters. The molecule has 8 heteroatoms. The first-order valence-corrected chi connectivity index (χ1v) is 10.6. The van der Waals surface area contributed by atoms with Crippen LogP contribution in [0.2, 0.25) is 0 Å². The first kappa shape index (κ1) is 19.9. The molecule has 1 aliphatic carbocycles. The Morgan fingerprint density at radius 1 is 1.19 bits per heavy atom. The minimum atomic E-state index is -2.55. The molecule has 0 spiro atoms. The van der Waals surface area contributed by atoms with Gasteiger partial charge in [0.15, 0.2) is 0 Å². The third kappa shape index (κ3) is 3.64. The van der Waals surface area contributed by atoms with Gasteiger partial charge < -0.3 is 15.6 Å². The Morgan fingerprint density at radius 2 is 1.97 bits per heavy atom. The number of nitrogens with one attached hydrogen (secondary N) is 3. The number of H-pyrrole nitrogens is 1. The molecule has 168 valence electrons. The zero-order chi connectivity index (χ0) is 21.8. The highest BCUT2D eigenvalue weighted by molar-refractivity contribution is 5.99. The Hall–Kier alpha value is -3.03. The van der Waals surface area contributed by atoms with Gasteiger partial charge in [-0.05, 0) is 36.1 Å². The Kier molecular flexibility index (Phi) is 4.50. The van der Waals surface area contributed by atoms with Crippen LogP contribution in [0.3, 0.4) is 0 Å². The van der Waals surface area contributed by atoms with E-state index in [9.17, 15) is 13.6 Å². The summed E-state index contributed by atoms with van der Waals surface area (Å²) in [4.78, 5) is 24.4. The molecule has 6 nitrogen and oxygen atoms in total. The van der Waals surface area contributed by atoms with Crippen molar-refractivity contribution in [3.63, 3.8) is 0 Å². The zero-order valence-electron chi connectivity index (χ0n) is 17.6. The highest BCUT2D eigenvalue weighted by atomic mass is 19.3. The molecule has 1 fully saturated rings. The highest BCUT2D eigenvalue weighted by Gasteiger charge is 2.35. The van der Waals surface area contributed by atoms with Crippen LogP contribution in [0.4, 0.5) is 14.7 Å². The summed E-state index contributed by atoms with van der Waals surface area (Å²) in [7, 11) is 0. The van der Waals surface area contributed by atoms with Crippen LogP contribution in [0.5, 0.6) is 0 Å². The average Bonchev–Trinajstić information content (AvgIpc) is 3.16. The lowest BCUT2D eigenvalue weighted by atomic mass is 9.78. The molecule has 5 rings (SSSR count). The van der Waals surface area contributed by atoms with Gasteiger partial charge in [0.2, 0.25) is 11.9 Å². The van der Waals surface area contributed by atoms with Crippen molar-refractivity contribution < 1.29 is 17.9 Å². The van der Waals surface area contributed by atoms with Crippen LogP contribution in [0.1, 0.15) is 59.7 Å². The van der Waals surface area contributed by atoms with Gasteiger partial charge >= 0.3 is 0 Å². The number of nitrogens with zero attached hydrogens (tertiary/aromatic N) is 2. The minimum absolute atomic E-state index is 0. The third-order valence-corrected chi connectivity index (χ3v) is 6.48. The largest absolute Gasteiger partial charge is 0.351 e. The molecule has 3 heterocycles. The molecule has 1 aliphatic heterocycles. The van der Waals surface area contributed by atoms with Crippen molar-refractivity contribution in [1.82, 2.24) is 20.3 Å². The summed E-state index contributed by atoms with van der Waals surface area (Å²) in [5.41, 5.74) is 4.21. The molecule has 1 aromatic carbocycles. The van der Waals surface area contributed by atoms with E-state index in [1.807, 2.05) is 18.3 Å². The van der Waals surface area contributed by atoms with E-state index in [2.05, 4.69) is 45.5 Å². The van der Waals surface area contributed by atoms with E-state index in [4.69, 9.17) is 0 Å². The SMILES string of the molecule is CC1(C)CNC(=O)c2ccc(-c3c[nH]c4nc(NC5CCC(F)(F)CC5)ncc34)cc21.[HH].[HH].[HH]. The van der Waals surface area contributed by atoms with Gasteiger partial charge in [-0.1, -0.05) is 19.9 Å². The number of fused-ring (bicyclic) bond motifs is 2. The minimum Gasteiger partial charge on any atom is -0.351 e. The molecule has 2 aromatic heterocycles. The van der Waals surface area contributed by atoms with Crippen LogP contribution in [-0.2, 0) is 5.41 Å². The van der Waals surface area contributed by atoms with E-state index in [1.54, 1.807) is 6.20 Å². The third-order valence-electron chi connectivity index (χ3n) is 6.48. The Balaban J connectivity index is 0.00000136. The Labute approximate surface area is 183 Å². The van der Waals surface area contributed by atoms with Gasteiger partial charge in [-0.15, -0.1) is 0 Å². The fourth-order valence-electron chi connectivity index (χ4n) is 4.54. The number of hydrogen-bond donors (Lipinski definition) is 3. The van der Waals surface area contributed by atoms with Gasteiger partial charge in [-0.25, -0.2) is 13.8 Å². The predicted octanol–water partition coefficient (Wildman–Crippen LogP) is 5.37. The van der Waals surface area contributed by atoms with E-state index < -0.39 is 5.92 Å². The van der Waals surface area contributed by atoms with Crippen molar-refractivity contribution in [2.24, 2.45) is 0 Å². The van der Waals surface area contributed by atoms with E-state index in [-0.39, 0.29) is 34.5 Å². The van der Waals surface area contributed by atoms with Gasteiger partial charge in [0.25, 0.3) is 5.91 Å². The van der Waals surface area contributed by atoms with Crippen LogP contribution in [0.15, 0.2) is 30.6 Å². The van der Waals surface area contributed by atoms with Crippen LogP contribution < -0.4 is 10.6 Å². The quantitative estimate of drug-likeness (QED) is 0.520. The lowest BCUT2D eigenvalue weighted by molar-refractivity contribution is -0.0361. The second-order valence-corrected chi connectivity index (χ2v) is 9.26. The maximum atomic E-state index is 13.4. The van der Waals surface area contributed by atoms with Crippen molar-refractivity contribution >= 4 is 22.9 Å². The fourth-order valence-corrected chi connectivity index (χ4v) is 4.54. The summed E-state index contributed by atoms with van der Waals surface area (Å²) >= 11 is 0. The molecular weight excluding hydrogens is 400 g/mol. The maximum absolute atomic E-state index is 13.4. The molecule has 0 bridgehead atoms. The number of aromatic amines is 1. The number of benzene rings is 1. The van der Waals surface area contributed by atoms with Crippen LogP contribution in [0.25, 0.3) is 22.2 Å². The van der Waals surface area contributed by atoms with Crippen molar-refractivity contribution in [1.29, 1.82) is 0 Å². The smallest absolute Gasteiger partial charge is 0.251 e. The van der Waals surface area contributed by atoms with Crippen LogP contribution >= 0.6 is 0 Å². The van der Waals surface area contributed by atoms with Crippen molar-refractivity contribution in [3.8, 4) is 11.1 Å². The number of anilines is 1. The molecule has 0 radical (unpaired) electrons. The summed E-state index contributed by atoms with van der Waals surface area (Å²) in [6.07, 6.45) is 4.25. The van der Waals surface area contributed by atoms with Gasteiger partial charge in [0.1, 0.15) is 5.65 Å². The molecule has 0 unspecified atom stereocenters. The Morgan fingerprint density at radius 3 is 2.74 bits per heavy atom. The first-order chi connectivity index (χ1) is 14.7. The number of amides is 1. The number of carbonyl (C=O) groups excluding carboxylic acids is 1. The van der Waals surface area contributed by atoms with Gasteiger partial charge in [0.05, 0.1) is 0 Å². The van der Waals surface area contributed by atoms with E-state index >= 15 is 0 Å². The zero-order valence-corrected chi connectivity index (χ0v) is 17.6. The van der Waals surface area contributed by atoms with Gasteiger partial charge in [-0.2, -0.15) is 4.98 Å². The standard InChI is InChI=1S/C23H25F2N5O.3H2/c1-22(2)12-28-20(31)15-4-3-13(9-18(15)22)16-10-26-19-17(16)11-27-21(30-19)29-14-5-7-23(24,25)8-6-14;;;/h3-4,9-11,14H,5-8,12H2,1-2H3,(H,28,31)(H2,26,27,29,30);3*1H. The van der Waals surface area contributed by atoms with Crippen molar-refractivity contribution in [2.75, 3.05) is 11.9 Å². The van der Waals surface area contributed by atoms with Crippen molar-refractivity contribution in [2.45, 2.75) is 56.9 Å². The molecule has 31 heavy (non-hydrogen) atoms. The molecule has 1 amide bonds. The number of alkyl halides is 2. The fraction of sp³-hybridized carbons (Fsp3) is 0.435. The lowest BCUT2D eigenvalue weighted by Gasteiger charge is -2.32. The summed E-state index contributed by atoms with van der Waals surface area (Å²) in [5, 5.41) is 7.01. The molecule has 2 aliphatic rings. The molecule has 3 aromatic rings. The average molecular weight is 432 g/mol. The number of halogens is 2. The Bertz CT molecular complexity index is 1170. The summed E-state index contributed by atoms with van der Waals surface area (Å²) < 4.78 is 26.8.